The van der Waals surface area contributed by atoms with E-state index in [0.29, 0.717) is 0 Å². The molecule has 360 valence electrons. The molecule has 0 fully saturated rings. The Morgan fingerprint density at radius 1 is 0.103 bits per heavy atom. The smallest absolute Gasteiger partial charge is 0.204 e. The van der Waals surface area contributed by atoms with E-state index < -0.39 is 221 Å². The van der Waals surface area contributed by atoms with Crippen molar-refractivity contribution < 1.29 is 132 Å². The second kappa shape index (κ2) is 18.4. The molecule has 0 aliphatic heterocycles. The van der Waals surface area contributed by atoms with Crippen molar-refractivity contribution in [3.05, 3.63) is 175 Å². The quantitative estimate of drug-likeness (QED) is 0.0680. The Morgan fingerprint density at radius 2 is 0.162 bits per heavy atom. The highest BCUT2D eigenvalue weighted by Crippen LogP contribution is 2.26. The Morgan fingerprint density at radius 3 is 0.235 bits per heavy atom. The van der Waals surface area contributed by atoms with E-state index in [1.807, 2.05) is 0 Å². The number of rotatable bonds is 6. The zero-order valence-electron chi connectivity index (χ0n) is 30.5. The molecule has 6 aromatic rings. The maximum absolute atomic E-state index is 14.4. The third-order valence-corrected chi connectivity index (χ3v) is 9.19. The summed E-state index contributed by atoms with van der Waals surface area (Å²) < 4.78 is 417. The molecule has 0 N–H and O–H groups in total. The van der Waals surface area contributed by atoms with E-state index in [1.54, 1.807) is 0 Å². The summed E-state index contributed by atoms with van der Waals surface area (Å²) >= 11 is 0. The van der Waals surface area contributed by atoms with Gasteiger partial charge in [0, 0.05) is 32.8 Å². The van der Waals surface area contributed by atoms with Crippen LogP contribution in [-0.2, 0) is 0 Å². The first-order chi connectivity index (χ1) is 31.3. The molecular formula is C36B2F30. The minimum atomic E-state index is -3.96. The summed E-state index contributed by atoms with van der Waals surface area (Å²) in [7, 11) is 0. The Hall–Kier alpha value is -6.65. The van der Waals surface area contributed by atoms with Crippen molar-refractivity contribution in [2.75, 3.05) is 0 Å². The average molecular weight is 1020 g/mol. The summed E-state index contributed by atoms with van der Waals surface area (Å²) in [6.07, 6.45) is 0. The molecule has 0 saturated carbocycles. The first-order valence-corrected chi connectivity index (χ1v) is 16.4. The van der Waals surface area contributed by atoms with Gasteiger partial charge < -0.3 is 0 Å². The van der Waals surface area contributed by atoms with Crippen molar-refractivity contribution >= 4 is 46.2 Å². The van der Waals surface area contributed by atoms with Crippen molar-refractivity contribution in [1.82, 2.24) is 0 Å². The van der Waals surface area contributed by atoms with Crippen LogP contribution >= 0.6 is 0 Å². The van der Waals surface area contributed by atoms with E-state index in [9.17, 15) is 132 Å². The van der Waals surface area contributed by atoms with E-state index in [4.69, 9.17) is 0 Å². The van der Waals surface area contributed by atoms with Gasteiger partial charge in [-0.1, -0.05) is 0 Å². The van der Waals surface area contributed by atoms with Gasteiger partial charge in [0.2, 0.25) is 0 Å². The van der Waals surface area contributed by atoms with Gasteiger partial charge in [-0.05, 0) is 0 Å². The van der Waals surface area contributed by atoms with Crippen LogP contribution in [0.25, 0.3) is 0 Å². The summed E-state index contributed by atoms with van der Waals surface area (Å²) in [6, 6.07) is 0. The molecule has 6 rings (SSSR count). The predicted molar refractivity (Wildman–Crippen MR) is 167 cm³/mol. The molecule has 0 nitrogen and oxygen atoms in total. The maximum atomic E-state index is 14.4. The fourth-order valence-electron chi connectivity index (χ4n) is 6.12. The van der Waals surface area contributed by atoms with Crippen LogP contribution in [0.4, 0.5) is 132 Å². The highest BCUT2D eigenvalue weighted by atomic mass is 19.2. The second-order valence-electron chi connectivity index (χ2n) is 12.8. The Kier molecular flexibility index (Phi) is 14.2. The molecule has 0 saturated heterocycles. The highest BCUT2D eigenvalue weighted by Gasteiger charge is 2.47. The van der Waals surface area contributed by atoms with Gasteiger partial charge in [-0.25, -0.2) is 132 Å². The van der Waals surface area contributed by atoms with Gasteiger partial charge in [0.15, 0.2) is 175 Å². The van der Waals surface area contributed by atoms with Crippen molar-refractivity contribution in [3.63, 3.8) is 0 Å². The van der Waals surface area contributed by atoms with Gasteiger partial charge in [0.25, 0.3) is 13.4 Å². The molecule has 6 aromatic carbocycles. The topological polar surface area (TPSA) is 0 Å². The lowest BCUT2D eigenvalue weighted by molar-refractivity contribution is 0.380. The van der Waals surface area contributed by atoms with Crippen LogP contribution in [0, 0.1) is 175 Å². The molecule has 0 unspecified atom stereocenters. The summed E-state index contributed by atoms with van der Waals surface area (Å²) in [5.74, 6) is -90.4. The molecule has 0 aliphatic carbocycles. The van der Waals surface area contributed by atoms with Gasteiger partial charge in [-0.2, -0.15) is 0 Å². The van der Waals surface area contributed by atoms with Gasteiger partial charge in [0.1, 0.15) is 0 Å². The normalized spacial score (nSPS) is 11.4. The minimum Gasteiger partial charge on any atom is -0.204 e. The van der Waals surface area contributed by atoms with Crippen LogP contribution < -0.4 is 32.8 Å². The third-order valence-electron chi connectivity index (χ3n) is 9.19. The second-order valence-corrected chi connectivity index (χ2v) is 12.8. The lowest BCUT2D eigenvalue weighted by Crippen LogP contribution is -2.60. The summed E-state index contributed by atoms with van der Waals surface area (Å²) in [5, 5.41) is 0. The van der Waals surface area contributed by atoms with Crippen molar-refractivity contribution in [3.8, 4) is 0 Å². The molecule has 0 spiro atoms. The molecule has 0 bridgehead atoms. The Balaban J connectivity index is 0.000000254. The Labute approximate surface area is 352 Å². The van der Waals surface area contributed by atoms with Crippen LogP contribution in [0.1, 0.15) is 0 Å². The van der Waals surface area contributed by atoms with Crippen molar-refractivity contribution in [2.24, 2.45) is 0 Å². The predicted octanol–water partition coefficient (Wildman–Crippen LogP) is 8.58. The van der Waals surface area contributed by atoms with Gasteiger partial charge in [-0.15, -0.1) is 0 Å². The zero-order valence-corrected chi connectivity index (χ0v) is 30.5. The maximum Gasteiger partial charge on any atom is 0.265 e. The standard InChI is InChI=1S/2C18BF15/c2*20-4-1(5(21)11(27)16(32)10(4)26)19(2-6(22)12(28)17(33)13(29)7(2)23)3-8(24)14(30)18(34)15(31)9(3)25. The number of hydrogen-bond acceptors (Lipinski definition) is 0. The van der Waals surface area contributed by atoms with Crippen LogP contribution in [-0.4, -0.2) is 13.4 Å². The van der Waals surface area contributed by atoms with Crippen LogP contribution in [0.15, 0.2) is 0 Å². The van der Waals surface area contributed by atoms with Crippen molar-refractivity contribution in [1.29, 1.82) is 0 Å². The monoisotopic (exact) mass is 1020 g/mol. The number of halogens is 30. The molecule has 0 aliphatic rings. The highest BCUT2D eigenvalue weighted by molar-refractivity contribution is 6.96. The lowest BCUT2D eigenvalue weighted by Gasteiger charge is -2.21. The third kappa shape index (κ3) is 7.76. The summed E-state index contributed by atoms with van der Waals surface area (Å²) in [5.41, 5.74) is -16.1. The van der Waals surface area contributed by atoms with Crippen LogP contribution in [0.3, 0.4) is 0 Å². The Bertz CT molecular complexity index is 2440. The van der Waals surface area contributed by atoms with Crippen LogP contribution in [0.2, 0.25) is 0 Å². The minimum absolute atomic E-state index is 2.68. The molecule has 68 heavy (non-hydrogen) atoms. The van der Waals surface area contributed by atoms with Gasteiger partial charge in [0.05, 0.1) is 0 Å². The molecule has 0 aromatic heterocycles. The van der Waals surface area contributed by atoms with Crippen molar-refractivity contribution in [2.45, 2.75) is 0 Å². The molecular weight excluding hydrogens is 1020 g/mol. The first kappa shape index (κ1) is 52.3. The van der Waals surface area contributed by atoms with E-state index >= 15 is 0 Å². The lowest BCUT2D eigenvalue weighted by atomic mass is 9.36. The fraction of sp³-hybridized carbons (Fsp3) is 0. The molecule has 0 amide bonds. The summed E-state index contributed by atoms with van der Waals surface area (Å²) in [6.45, 7) is -7.92. The fourth-order valence-corrected chi connectivity index (χ4v) is 6.12. The molecule has 32 heteroatoms. The van der Waals surface area contributed by atoms with E-state index in [0.717, 1.165) is 0 Å². The van der Waals surface area contributed by atoms with Crippen LogP contribution in [0.5, 0.6) is 0 Å². The average Bonchev–Trinajstić information content (AvgIpc) is 3.31. The van der Waals surface area contributed by atoms with E-state index in [1.165, 1.54) is 0 Å². The molecule has 0 heterocycles. The number of hydrogen-bond donors (Lipinski definition) is 0. The zero-order chi connectivity index (χ0) is 51.9. The first-order valence-electron chi connectivity index (χ1n) is 16.4. The van der Waals surface area contributed by atoms with E-state index in [2.05, 4.69) is 0 Å². The molecule has 0 atom stereocenters. The van der Waals surface area contributed by atoms with E-state index in [-0.39, 0.29) is 0 Å². The number of benzene rings is 6. The largest absolute Gasteiger partial charge is 0.265 e. The summed E-state index contributed by atoms with van der Waals surface area (Å²) in [4.78, 5) is 0. The van der Waals surface area contributed by atoms with Gasteiger partial charge in [-0.3, -0.25) is 0 Å². The van der Waals surface area contributed by atoms with Gasteiger partial charge >= 0.3 is 0 Å². The molecule has 0 radical (unpaired) electrons. The SMILES string of the molecule is Fc1c(F)c(F)c(B(c2c(F)c(F)c(F)c(F)c2F)c2c(F)c(F)c(F)c(F)c2F)c(F)c1F.Fc1c(F)c(F)c(B(c2c(F)c(F)c(F)c(F)c2F)c2c(F)c(F)c(F)c(F)c2F)c(F)c1F.